The highest BCUT2D eigenvalue weighted by molar-refractivity contribution is 9.10. The van der Waals surface area contributed by atoms with Gasteiger partial charge in [0.25, 0.3) is 0 Å². The van der Waals surface area contributed by atoms with Gasteiger partial charge in [0.05, 0.1) is 11.6 Å². The highest BCUT2D eigenvalue weighted by atomic mass is 79.9. The van der Waals surface area contributed by atoms with Crippen molar-refractivity contribution >= 4 is 15.9 Å². The predicted molar refractivity (Wildman–Crippen MR) is 79.2 cm³/mol. The van der Waals surface area contributed by atoms with Crippen LogP contribution in [-0.2, 0) is 5.41 Å². The number of halogens is 2. The molecule has 2 nitrogen and oxygen atoms in total. The molecule has 1 aromatic carbocycles. The Kier molecular flexibility index (Phi) is 4.51. The Labute approximate surface area is 122 Å². The summed E-state index contributed by atoms with van der Waals surface area (Å²) in [4.78, 5) is 0. The van der Waals surface area contributed by atoms with Crippen LogP contribution in [0.5, 0.6) is 5.75 Å². The van der Waals surface area contributed by atoms with E-state index in [0.717, 1.165) is 18.4 Å². The molecule has 1 aromatic rings. The lowest BCUT2D eigenvalue weighted by atomic mass is 9.69. The molecule has 1 aliphatic carbocycles. The molecule has 0 atom stereocenters. The fraction of sp³-hybridized carbons (Fsp3) is 0.600. The summed E-state index contributed by atoms with van der Waals surface area (Å²) in [5.41, 5.74) is 7.62. The first kappa shape index (κ1) is 14.8. The van der Waals surface area contributed by atoms with Crippen molar-refractivity contribution in [2.24, 2.45) is 5.73 Å². The van der Waals surface area contributed by atoms with Gasteiger partial charge in [-0.25, -0.2) is 4.39 Å². The number of methoxy groups -OCH3 is 1. The number of hydrogen-bond donors (Lipinski definition) is 1. The van der Waals surface area contributed by atoms with E-state index in [9.17, 15) is 4.39 Å². The van der Waals surface area contributed by atoms with Crippen LogP contribution in [0.25, 0.3) is 0 Å². The summed E-state index contributed by atoms with van der Waals surface area (Å²) in [6.07, 6.45) is 5.71. The third-order valence-corrected chi connectivity index (χ3v) is 4.95. The van der Waals surface area contributed by atoms with Crippen molar-refractivity contribution < 1.29 is 9.13 Å². The quantitative estimate of drug-likeness (QED) is 0.907. The minimum atomic E-state index is -0.247. The van der Waals surface area contributed by atoms with E-state index in [-0.39, 0.29) is 11.2 Å². The van der Waals surface area contributed by atoms with Gasteiger partial charge >= 0.3 is 0 Å². The van der Waals surface area contributed by atoms with E-state index in [2.05, 4.69) is 15.9 Å². The first-order valence-corrected chi connectivity index (χ1v) is 7.58. The van der Waals surface area contributed by atoms with Gasteiger partial charge in [-0.2, -0.15) is 0 Å². The molecular weight excluding hydrogens is 309 g/mol. The lowest BCUT2D eigenvalue weighted by Crippen LogP contribution is -2.37. The molecule has 2 N–H and O–H groups in total. The fourth-order valence-corrected chi connectivity index (χ4v) is 3.73. The number of rotatable bonds is 3. The van der Waals surface area contributed by atoms with Crippen molar-refractivity contribution in [2.45, 2.75) is 44.4 Å². The number of ether oxygens (including phenoxy) is 1. The van der Waals surface area contributed by atoms with E-state index in [0.29, 0.717) is 22.3 Å². The second-order valence-electron chi connectivity index (χ2n) is 5.42. The molecule has 0 spiro atoms. The van der Waals surface area contributed by atoms with Crippen LogP contribution in [0.1, 0.15) is 43.2 Å². The van der Waals surface area contributed by atoms with Gasteiger partial charge in [0.15, 0.2) is 0 Å². The van der Waals surface area contributed by atoms with Gasteiger partial charge < -0.3 is 10.5 Å². The van der Waals surface area contributed by atoms with Crippen molar-refractivity contribution in [3.05, 3.63) is 27.5 Å². The van der Waals surface area contributed by atoms with Gasteiger partial charge in [0, 0.05) is 23.1 Å². The molecule has 1 aliphatic rings. The lowest BCUT2D eigenvalue weighted by Gasteiger charge is -2.38. The third-order valence-electron chi connectivity index (χ3n) is 4.37. The highest BCUT2D eigenvalue weighted by Crippen LogP contribution is 2.45. The molecule has 0 aromatic heterocycles. The maximum absolute atomic E-state index is 14.0. The number of hydrogen-bond acceptors (Lipinski definition) is 2. The van der Waals surface area contributed by atoms with Crippen molar-refractivity contribution in [2.75, 3.05) is 13.7 Å². The van der Waals surface area contributed by atoms with Crippen molar-refractivity contribution in [1.82, 2.24) is 0 Å². The molecule has 0 amide bonds. The van der Waals surface area contributed by atoms with Crippen LogP contribution in [0, 0.1) is 12.7 Å². The Morgan fingerprint density at radius 2 is 2.00 bits per heavy atom. The number of benzene rings is 1. The normalized spacial score (nSPS) is 18.4. The van der Waals surface area contributed by atoms with E-state index in [1.807, 2.05) is 6.07 Å². The Balaban J connectivity index is 2.59. The molecule has 1 saturated carbocycles. The summed E-state index contributed by atoms with van der Waals surface area (Å²) in [6.45, 7) is 2.34. The molecule has 0 saturated heterocycles. The molecule has 106 valence electrons. The lowest BCUT2D eigenvalue weighted by molar-refractivity contribution is 0.286. The van der Waals surface area contributed by atoms with Crippen molar-refractivity contribution in [3.8, 4) is 5.75 Å². The molecule has 0 heterocycles. The second-order valence-corrected chi connectivity index (χ2v) is 6.28. The topological polar surface area (TPSA) is 35.2 Å². The standard InChI is InChI=1S/C15H21BrFNO/c1-10-13(17)12(16)8-11(14(10)19-2)15(9-18)6-4-3-5-7-15/h8H,3-7,9,18H2,1-2H3. The molecule has 4 heteroatoms. The second kappa shape index (κ2) is 5.80. The summed E-state index contributed by atoms with van der Waals surface area (Å²) < 4.78 is 20.0. The van der Waals surface area contributed by atoms with Crippen LogP contribution in [0.4, 0.5) is 4.39 Å². The molecule has 0 radical (unpaired) electrons. The van der Waals surface area contributed by atoms with Gasteiger partial charge in [0.1, 0.15) is 11.6 Å². The average Bonchev–Trinajstić information content (AvgIpc) is 2.45. The first-order valence-electron chi connectivity index (χ1n) is 6.79. The van der Waals surface area contributed by atoms with E-state index < -0.39 is 0 Å². The van der Waals surface area contributed by atoms with E-state index >= 15 is 0 Å². The molecule has 0 aliphatic heterocycles. The summed E-state index contributed by atoms with van der Waals surface area (Å²) in [5.74, 6) is 0.414. The summed E-state index contributed by atoms with van der Waals surface area (Å²) in [7, 11) is 1.60. The zero-order valence-electron chi connectivity index (χ0n) is 11.6. The van der Waals surface area contributed by atoms with Crippen LogP contribution < -0.4 is 10.5 Å². The average molecular weight is 330 g/mol. The molecule has 1 fully saturated rings. The minimum Gasteiger partial charge on any atom is -0.496 e. The first-order chi connectivity index (χ1) is 9.05. The van der Waals surface area contributed by atoms with Crippen LogP contribution in [-0.4, -0.2) is 13.7 Å². The Bertz CT molecular complexity index is 470. The van der Waals surface area contributed by atoms with Crippen LogP contribution in [0.3, 0.4) is 0 Å². The van der Waals surface area contributed by atoms with Gasteiger partial charge in [-0.1, -0.05) is 19.3 Å². The van der Waals surface area contributed by atoms with Gasteiger partial charge in [-0.15, -0.1) is 0 Å². The molecule has 19 heavy (non-hydrogen) atoms. The Hall–Kier alpha value is -0.610. The zero-order valence-corrected chi connectivity index (χ0v) is 13.1. The van der Waals surface area contributed by atoms with Gasteiger partial charge in [0.2, 0.25) is 0 Å². The highest BCUT2D eigenvalue weighted by Gasteiger charge is 2.36. The predicted octanol–water partition coefficient (Wildman–Crippen LogP) is 4.07. The number of nitrogens with two attached hydrogens (primary N) is 1. The fourth-order valence-electron chi connectivity index (χ4n) is 3.21. The van der Waals surface area contributed by atoms with Crippen LogP contribution in [0.2, 0.25) is 0 Å². The molecule has 0 bridgehead atoms. The largest absolute Gasteiger partial charge is 0.496 e. The van der Waals surface area contributed by atoms with Gasteiger partial charge in [-0.05, 0) is 41.8 Å². The monoisotopic (exact) mass is 329 g/mol. The van der Waals surface area contributed by atoms with Crippen LogP contribution in [0.15, 0.2) is 10.5 Å². The Morgan fingerprint density at radius 1 is 1.37 bits per heavy atom. The van der Waals surface area contributed by atoms with Crippen molar-refractivity contribution in [1.29, 1.82) is 0 Å². The zero-order chi connectivity index (χ0) is 14.0. The SMILES string of the molecule is COc1c(C2(CN)CCCCC2)cc(Br)c(F)c1C. The third kappa shape index (κ3) is 2.52. The van der Waals surface area contributed by atoms with Crippen LogP contribution >= 0.6 is 15.9 Å². The molecule has 0 unspecified atom stereocenters. The minimum absolute atomic E-state index is 0.0649. The smallest absolute Gasteiger partial charge is 0.143 e. The maximum Gasteiger partial charge on any atom is 0.143 e. The maximum atomic E-state index is 14.0. The summed E-state index contributed by atoms with van der Waals surface area (Å²) in [5, 5.41) is 0. The van der Waals surface area contributed by atoms with Gasteiger partial charge in [-0.3, -0.25) is 0 Å². The van der Waals surface area contributed by atoms with E-state index in [1.54, 1.807) is 14.0 Å². The Morgan fingerprint density at radius 3 is 2.53 bits per heavy atom. The molecule has 2 rings (SSSR count). The molecular formula is C15H21BrFNO. The summed E-state index contributed by atoms with van der Waals surface area (Å²) >= 11 is 3.31. The van der Waals surface area contributed by atoms with Crippen molar-refractivity contribution in [3.63, 3.8) is 0 Å². The van der Waals surface area contributed by atoms with E-state index in [1.165, 1.54) is 19.3 Å². The van der Waals surface area contributed by atoms with E-state index in [4.69, 9.17) is 10.5 Å². The summed E-state index contributed by atoms with van der Waals surface area (Å²) in [6, 6.07) is 1.86.